The van der Waals surface area contributed by atoms with Gasteiger partial charge in [-0.1, -0.05) is 61.5 Å². The zero-order chi connectivity index (χ0) is 22.1. The summed E-state index contributed by atoms with van der Waals surface area (Å²) in [5, 5.41) is 0. The van der Waals surface area contributed by atoms with Crippen molar-refractivity contribution in [2.24, 2.45) is 0 Å². The molecule has 0 unspecified atom stereocenters. The lowest BCUT2D eigenvalue weighted by Crippen LogP contribution is -2.32. The Morgan fingerprint density at radius 1 is 1.03 bits per heavy atom. The first kappa shape index (κ1) is 20.5. The summed E-state index contributed by atoms with van der Waals surface area (Å²) >= 11 is 0. The van der Waals surface area contributed by atoms with E-state index in [1.54, 1.807) is 4.57 Å². The molecule has 0 radical (unpaired) electrons. The molecule has 1 aliphatic heterocycles. The first-order valence-corrected chi connectivity index (χ1v) is 11.1. The fraction of sp³-hybridized carbons (Fsp3) is 0.320. The first-order chi connectivity index (χ1) is 15.6. The van der Waals surface area contributed by atoms with Crippen molar-refractivity contribution in [2.45, 2.75) is 45.4 Å². The van der Waals surface area contributed by atoms with E-state index in [4.69, 9.17) is 9.72 Å². The van der Waals surface area contributed by atoms with Crippen LogP contribution < -0.4 is 11.2 Å². The van der Waals surface area contributed by atoms with Gasteiger partial charge in [-0.2, -0.15) is 0 Å². The lowest BCUT2D eigenvalue weighted by molar-refractivity contribution is 0.0982. The summed E-state index contributed by atoms with van der Waals surface area (Å²) in [5.74, 6) is 0.677. The third-order valence-corrected chi connectivity index (χ3v) is 6.10. The van der Waals surface area contributed by atoms with Gasteiger partial charge in [-0.25, -0.2) is 9.78 Å². The van der Waals surface area contributed by atoms with Crippen LogP contribution in [-0.4, -0.2) is 31.8 Å². The van der Waals surface area contributed by atoms with Gasteiger partial charge in [0.25, 0.3) is 5.56 Å². The molecular weight excluding hydrogens is 404 g/mol. The van der Waals surface area contributed by atoms with Crippen LogP contribution in [-0.2, 0) is 24.2 Å². The monoisotopic (exact) mass is 430 g/mol. The Balaban J connectivity index is 1.71. The lowest BCUT2D eigenvalue weighted by Gasteiger charge is -2.14. The second-order valence-electron chi connectivity index (χ2n) is 8.23. The lowest BCUT2D eigenvalue weighted by atomic mass is 10.1. The molecule has 1 N–H and O–H groups in total. The summed E-state index contributed by atoms with van der Waals surface area (Å²) in [6, 6.07) is 17.9. The molecule has 7 nitrogen and oxygen atoms in total. The summed E-state index contributed by atoms with van der Waals surface area (Å²) < 4.78 is 9.33. The minimum Gasteiger partial charge on any atom is -0.376 e. The zero-order valence-corrected chi connectivity index (χ0v) is 18.1. The third kappa shape index (κ3) is 3.80. The highest BCUT2D eigenvalue weighted by Gasteiger charge is 2.24. The number of imidazole rings is 1. The predicted molar refractivity (Wildman–Crippen MR) is 124 cm³/mol. The highest BCUT2D eigenvalue weighted by Crippen LogP contribution is 2.26. The molecule has 0 amide bonds. The number of aromatic amines is 1. The molecule has 1 fully saturated rings. The Kier molecular flexibility index (Phi) is 5.49. The third-order valence-electron chi connectivity index (χ3n) is 6.10. The summed E-state index contributed by atoms with van der Waals surface area (Å²) in [4.78, 5) is 33.1. The van der Waals surface area contributed by atoms with E-state index in [-0.39, 0.29) is 6.10 Å². The van der Waals surface area contributed by atoms with Gasteiger partial charge < -0.3 is 9.30 Å². The van der Waals surface area contributed by atoms with Crippen molar-refractivity contribution >= 4 is 11.2 Å². The molecule has 5 rings (SSSR count). The second kappa shape index (κ2) is 8.59. The molecule has 32 heavy (non-hydrogen) atoms. The highest BCUT2D eigenvalue weighted by atomic mass is 16.5. The molecule has 0 saturated carbocycles. The van der Waals surface area contributed by atoms with Gasteiger partial charge in [0.1, 0.15) is 5.82 Å². The molecule has 7 heteroatoms. The van der Waals surface area contributed by atoms with E-state index in [1.807, 2.05) is 47.0 Å². The van der Waals surface area contributed by atoms with Crippen LogP contribution in [0.15, 0.2) is 64.2 Å². The largest absolute Gasteiger partial charge is 0.376 e. The number of H-pyrrole nitrogens is 1. The number of ether oxygens (including phenoxy) is 1. The summed E-state index contributed by atoms with van der Waals surface area (Å²) in [6.07, 6.45) is 2.92. The van der Waals surface area contributed by atoms with Gasteiger partial charge in [-0.15, -0.1) is 0 Å². The van der Waals surface area contributed by atoms with E-state index in [9.17, 15) is 9.59 Å². The number of aromatic nitrogens is 4. The van der Waals surface area contributed by atoms with E-state index in [0.717, 1.165) is 37.0 Å². The minimum absolute atomic E-state index is 0.0231. The van der Waals surface area contributed by atoms with Crippen molar-refractivity contribution in [1.82, 2.24) is 19.1 Å². The minimum atomic E-state index is -0.457. The SMILES string of the molecule is CCc1ccc(-c2nc3c(c(=O)[nH]c(=O)n3Cc3ccccc3)n2C[C@H]2CCCO2)cc1. The molecule has 3 heterocycles. The molecule has 2 aromatic carbocycles. The van der Waals surface area contributed by atoms with Crippen molar-refractivity contribution in [3.8, 4) is 11.4 Å². The van der Waals surface area contributed by atoms with Crippen LogP contribution in [0.25, 0.3) is 22.6 Å². The van der Waals surface area contributed by atoms with Crippen molar-refractivity contribution < 1.29 is 4.74 Å². The standard InChI is InChI=1S/C25H26N4O3/c1-2-17-10-12-19(13-11-17)22-26-23-21(28(22)16-20-9-6-14-32-20)24(30)27-25(31)29(23)15-18-7-4-3-5-8-18/h3-5,7-8,10-13,20H,2,6,9,14-16H2,1H3,(H,27,30,31)/t20-/m1/s1. The Bertz CT molecular complexity index is 1340. The number of nitrogens with zero attached hydrogens (tertiary/aromatic N) is 3. The molecule has 1 saturated heterocycles. The highest BCUT2D eigenvalue weighted by molar-refractivity contribution is 5.77. The molecular formula is C25H26N4O3. The van der Waals surface area contributed by atoms with Gasteiger partial charge in [0.15, 0.2) is 11.2 Å². The van der Waals surface area contributed by atoms with Crippen LogP contribution >= 0.6 is 0 Å². The Labute approximate surface area is 185 Å². The van der Waals surface area contributed by atoms with E-state index >= 15 is 0 Å². The van der Waals surface area contributed by atoms with Crippen LogP contribution in [0, 0.1) is 0 Å². The van der Waals surface area contributed by atoms with E-state index < -0.39 is 11.2 Å². The van der Waals surface area contributed by atoms with E-state index in [0.29, 0.717) is 30.1 Å². The van der Waals surface area contributed by atoms with Crippen molar-refractivity contribution in [3.05, 3.63) is 86.6 Å². The van der Waals surface area contributed by atoms with Crippen LogP contribution in [0.4, 0.5) is 0 Å². The maximum atomic E-state index is 13.0. The summed E-state index contributed by atoms with van der Waals surface area (Å²) in [6.45, 7) is 3.70. The summed E-state index contributed by atoms with van der Waals surface area (Å²) in [5.41, 5.74) is 3.03. The van der Waals surface area contributed by atoms with Gasteiger partial charge in [0, 0.05) is 12.2 Å². The molecule has 1 aliphatic rings. The van der Waals surface area contributed by atoms with Crippen LogP contribution in [0.1, 0.15) is 30.9 Å². The number of nitrogens with one attached hydrogen (secondary N) is 1. The van der Waals surface area contributed by atoms with Gasteiger partial charge >= 0.3 is 5.69 Å². The van der Waals surface area contributed by atoms with Gasteiger partial charge in [-0.3, -0.25) is 14.3 Å². The molecule has 1 atom stereocenters. The van der Waals surface area contributed by atoms with Crippen molar-refractivity contribution in [1.29, 1.82) is 0 Å². The fourth-order valence-electron chi connectivity index (χ4n) is 4.36. The van der Waals surface area contributed by atoms with Gasteiger partial charge in [0.2, 0.25) is 0 Å². The number of rotatable bonds is 6. The molecule has 2 aromatic heterocycles. The van der Waals surface area contributed by atoms with Crippen LogP contribution in [0.5, 0.6) is 0 Å². The second-order valence-corrected chi connectivity index (χ2v) is 8.23. The number of hydrogen-bond donors (Lipinski definition) is 1. The topological polar surface area (TPSA) is 81.9 Å². The average molecular weight is 431 g/mol. The molecule has 164 valence electrons. The molecule has 0 bridgehead atoms. The normalized spacial score (nSPS) is 16.1. The predicted octanol–water partition coefficient (Wildman–Crippen LogP) is 3.34. The average Bonchev–Trinajstić information content (AvgIpc) is 3.46. The number of hydrogen-bond acceptors (Lipinski definition) is 4. The van der Waals surface area contributed by atoms with Crippen LogP contribution in [0.2, 0.25) is 0 Å². The quantitative estimate of drug-likeness (QED) is 0.509. The fourth-order valence-corrected chi connectivity index (χ4v) is 4.36. The first-order valence-electron chi connectivity index (χ1n) is 11.1. The van der Waals surface area contributed by atoms with E-state index in [2.05, 4.69) is 24.0 Å². The van der Waals surface area contributed by atoms with Crippen molar-refractivity contribution in [2.75, 3.05) is 6.61 Å². The Morgan fingerprint density at radius 2 is 1.81 bits per heavy atom. The smallest absolute Gasteiger partial charge is 0.330 e. The van der Waals surface area contributed by atoms with Gasteiger partial charge in [-0.05, 0) is 30.4 Å². The number of benzene rings is 2. The van der Waals surface area contributed by atoms with Gasteiger partial charge in [0.05, 0.1) is 19.2 Å². The molecule has 0 spiro atoms. The maximum absolute atomic E-state index is 13.0. The van der Waals surface area contributed by atoms with Crippen molar-refractivity contribution in [3.63, 3.8) is 0 Å². The summed E-state index contributed by atoms with van der Waals surface area (Å²) in [7, 11) is 0. The Hall–Kier alpha value is -3.45. The zero-order valence-electron chi connectivity index (χ0n) is 18.1. The number of fused-ring (bicyclic) bond motifs is 1. The molecule has 4 aromatic rings. The number of aryl methyl sites for hydroxylation is 1. The maximum Gasteiger partial charge on any atom is 0.330 e. The van der Waals surface area contributed by atoms with E-state index in [1.165, 1.54) is 5.56 Å². The van der Waals surface area contributed by atoms with Crippen LogP contribution in [0.3, 0.4) is 0 Å². The Morgan fingerprint density at radius 3 is 2.50 bits per heavy atom. The molecule has 0 aliphatic carbocycles.